The van der Waals surface area contributed by atoms with E-state index < -0.39 is 5.92 Å². The summed E-state index contributed by atoms with van der Waals surface area (Å²) in [6.07, 6.45) is 1.37. The summed E-state index contributed by atoms with van der Waals surface area (Å²) in [5.74, 6) is -1.11. The lowest BCUT2D eigenvalue weighted by Gasteiger charge is -2.34. The molecule has 22 heavy (non-hydrogen) atoms. The van der Waals surface area contributed by atoms with Crippen LogP contribution in [0.4, 0.5) is 4.39 Å². The van der Waals surface area contributed by atoms with Gasteiger partial charge >= 0.3 is 0 Å². The maximum atomic E-state index is 13.1. The zero-order valence-electron chi connectivity index (χ0n) is 12.2. The monoisotopic (exact) mass is 300 g/mol. The van der Waals surface area contributed by atoms with E-state index in [0.29, 0.717) is 19.8 Å². The molecule has 0 saturated carbocycles. The van der Waals surface area contributed by atoms with E-state index >= 15 is 0 Å². The van der Waals surface area contributed by atoms with Crippen molar-refractivity contribution >= 4 is 6.21 Å². The molecule has 0 N–H and O–H groups in total. The molecular weight excluding hydrogens is 283 g/mol. The minimum Gasteiger partial charge on any atom is -0.379 e. The van der Waals surface area contributed by atoms with E-state index in [2.05, 4.69) is 9.89 Å². The average molecular weight is 300 g/mol. The molecule has 1 atom stereocenters. The van der Waals surface area contributed by atoms with Gasteiger partial charge < -0.3 is 4.74 Å². The van der Waals surface area contributed by atoms with Crippen LogP contribution in [-0.4, -0.2) is 44.0 Å². The first-order valence-electron chi connectivity index (χ1n) is 7.11. The van der Waals surface area contributed by atoms with Crippen molar-refractivity contribution in [2.75, 3.05) is 32.8 Å². The summed E-state index contributed by atoms with van der Waals surface area (Å²) in [5, 5.41) is 17.5. The molecule has 1 aliphatic heterocycles. The minimum absolute atomic E-state index is 0.0150. The van der Waals surface area contributed by atoms with Crippen LogP contribution >= 0.6 is 0 Å². The number of benzene rings is 1. The van der Waals surface area contributed by atoms with Crippen LogP contribution in [-0.2, 0) is 4.74 Å². The highest BCUT2D eigenvalue weighted by atomic mass is 19.1. The fourth-order valence-electron chi connectivity index (χ4n) is 2.37. The van der Waals surface area contributed by atoms with E-state index in [1.807, 2.05) is 12.1 Å². The van der Waals surface area contributed by atoms with Gasteiger partial charge in [-0.3, -0.25) is 9.89 Å². The summed E-state index contributed by atoms with van der Waals surface area (Å²) < 4.78 is 18.5. The van der Waals surface area contributed by atoms with Crippen molar-refractivity contribution in [3.05, 3.63) is 35.6 Å². The van der Waals surface area contributed by atoms with Crippen LogP contribution < -0.4 is 0 Å². The van der Waals surface area contributed by atoms with Gasteiger partial charge in [0.25, 0.3) is 0 Å². The second-order valence-corrected chi connectivity index (χ2v) is 4.97. The quantitative estimate of drug-likeness (QED) is 0.779. The third kappa shape index (κ3) is 4.36. The van der Waals surface area contributed by atoms with E-state index in [9.17, 15) is 4.39 Å². The van der Waals surface area contributed by atoms with Crippen molar-refractivity contribution in [3.8, 4) is 12.1 Å². The molecule has 0 aliphatic carbocycles. The second-order valence-electron chi connectivity index (χ2n) is 4.97. The van der Waals surface area contributed by atoms with Crippen molar-refractivity contribution < 1.29 is 9.13 Å². The van der Waals surface area contributed by atoms with E-state index in [4.69, 9.17) is 15.3 Å². The molecule has 1 aliphatic rings. The molecule has 114 valence electrons. The Labute approximate surface area is 129 Å². The Hall–Kier alpha value is -2.28. The molecule has 0 radical (unpaired) electrons. The van der Waals surface area contributed by atoms with E-state index in [-0.39, 0.29) is 11.9 Å². The van der Waals surface area contributed by atoms with Gasteiger partial charge in [-0.2, -0.15) is 10.5 Å². The highest BCUT2D eigenvalue weighted by molar-refractivity contribution is 5.67. The molecule has 0 spiro atoms. The molecule has 0 bridgehead atoms. The van der Waals surface area contributed by atoms with Gasteiger partial charge in [-0.15, -0.1) is 0 Å². The number of hydrogen-bond acceptors (Lipinski definition) is 5. The Morgan fingerprint density at radius 1 is 1.23 bits per heavy atom. The van der Waals surface area contributed by atoms with Gasteiger partial charge in [-0.25, -0.2) is 4.39 Å². The maximum absolute atomic E-state index is 13.1. The first kappa shape index (κ1) is 16.1. The molecule has 5 nitrogen and oxygen atoms in total. The Morgan fingerprint density at radius 3 is 2.45 bits per heavy atom. The standard InChI is InChI=1S/C16H17FN4O/c17-15-3-1-14(2-4-15)16(21-5-7-22-8-6-21)12-20-11-13(9-18)10-19/h1-4,11,13,16H,5-8,12H2/t16-/m1/s1. The van der Waals surface area contributed by atoms with Gasteiger partial charge in [-0.1, -0.05) is 12.1 Å². The number of halogens is 1. The number of nitriles is 2. The largest absolute Gasteiger partial charge is 0.379 e. The highest BCUT2D eigenvalue weighted by Gasteiger charge is 2.22. The summed E-state index contributed by atoms with van der Waals surface area (Å²) in [6, 6.07) is 10.1. The SMILES string of the molecule is N#CC(C#N)C=NC[C@H](c1ccc(F)cc1)N1CCOCC1. The maximum Gasteiger partial charge on any atom is 0.167 e. The number of morpholine rings is 1. The van der Waals surface area contributed by atoms with Gasteiger partial charge in [0, 0.05) is 19.3 Å². The van der Waals surface area contributed by atoms with Crippen LogP contribution in [0.25, 0.3) is 0 Å². The number of hydrogen-bond donors (Lipinski definition) is 0. The smallest absolute Gasteiger partial charge is 0.167 e. The van der Waals surface area contributed by atoms with E-state index in [0.717, 1.165) is 18.7 Å². The van der Waals surface area contributed by atoms with Crippen molar-refractivity contribution in [1.82, 2.24) is 4.90 Å². The predicted octanol–water partition coefficient (Wildman–Crippen LogP) is 1.93. The number of ether oxygens (including phenoxy) is 1. The van der Waals surface area contributed by atoms with E-state index in [1.54, 1.807) is 12.1 Å². The van der Waals surface area contributed by atoms with Crippen molar-refractivity contribution in [2.45, 2.75) is 6.04 Å². The zero-order chi connectivity index (χ0) is 15.8. The number of nitrogens with zero attached hydrogens (tertiary/aromatic N) is 4. The summed E-state index contributed by atoms with van der Waals surface area (Å²) in [5.41, 5.74) is 0.964. The topological polar surface area (TPSA) is 72.4 Å². The second kappa shape index (κ2) is 8.23. The van der Waals surface area contributed by atoms with Crippen LogP contribution in [0.1, 0.15) is 11.6 Å². The lowest BCUT2D eigenvalue weighted by Crippen LogP contribution is -2.40. The fourth-order valence-corrected chi connectivity index (χ4v) is 2.37. The Morgan fingerprint density at radius 2 is 1.86 bits per heavy atom. The summed E-state index contributed by atoms with van der Waals surface area (Å²) >= 11 is 0. The van der Waals surface area contributed by atoms with Crippen LogP contribution in [0.15, 0.2) is 29.3 Å². The van der Waals surface area contributed by atoms with Crippen molar-refractivity contribution in [2.24, 2.45) is 10.9 Å². The summed E-state index contributed by atoms with van der Waals surface area (Å²) in [6.45, 7) is 3.28. The lowest BCUT2D eigenvalue weighted by molar-refractivity contribution is 0.0180. The summed E-state index contributed by atoms with van der Waals surface area (Å²) in [4.78, 5) is 6.47. The van der Waals surface area contributed by atoms with Gasteiger partial charge in [-0.05, 0) is 17.7 Å². The molecule has 6 heteroatoms. The van der Waals surface area contributed by atoms with Crippen LogP contribution in [0.5, 0.6) is 0 Å². The van der Waals surface area contributed by atoms with E-state index in [1.165, 1.54) is 18.3 Å². The average Bonchev–Trinajstić information content (AvgIpc) is 2.57. The third-order valence-corrected chi connectivity index (χ3v) is 3.55. The highest BCUT2D eigenvalue weighted by Crippen LogP contribution is 2.22. The molecule has 1 aromatic rings. The van der Waals surface area contributed by atoms with Gasteiger partial charge in [0.05, 0.1) is 37.9 Å². The molecule has 2 rings (SSSR count). The molecule has 0 aromatic heterocycles. The molecule has 1 aromatic carbocycles. The number of rotatable bonds is 5. The third-order valence-electron chi connectivity index (χ3n) is 3.55. The first-order chi connectivity index (χ1) is 10.7. The summed E-state index contributed by atoms with van der Waals surface area (Å²) in [7, 11) is 0. The predicted molar refractivity (Wildman–Crippen MR) is 79.6 cm³/mol. The fraction of sp³-hybridized carbons (Fsp3) is 0.438. The van der Waals surface area contributed by atoms with Gasteiger partial charge in [0.15, 0.2) is 5.92 Å². The first-order valence-corrected chi connectivity index (χ1v) is 7.11. The van der Waals surface area contributed by atoms with Crippen LogP contribution in [0.2, 0.25) is 0 Å². The number of aliphatic imine (C=N–C) groups is 1. The molecule has 1 heterocycles. The van der Waals surface area contributed by atoms with Gasteiger partial charge in [0.1, 0.15) is 5.82 Å². The molecular formula is C16H17FN4O. The van der Waals surface area contributed by atoms with Crippen LogP contribution in [0, 0.1) is 34.4 Å². The normalized spacial score (nSPS) is 17.3. The van der Waals surface area contributed by atoms with Crippen LogP contribution in [0.3, 0.4) is 0 Å². The molecule has 1 fully saturated rings. The Balaban J connectivity index is 2.13. The molecule has 0 amide bonds. The lowest BCUT2D eigenvalue weighted by atomic mass is 10.0. The Kier molecular flexibility index (Phi) is 6.02. The Bertz CT molecular complexity index is 568. The molecule has 0 unspecified atom stereocenters. The van der Waals surface area contributed by atoms with Gasteiger partial charge in [0.2, 0.25) is 0 Å². The zero-order valence-corrected chi connectivity index (χ0v) is 12.2. The van der Waals surface area contributed by atoms with Crippen molar-refractivity contribution in [3.63, 3.8) is 0 Å². The van der Waals surface area contributed by atoms with Crippen molar-refractivity contribution in [1.29, 1.82) is 10.5 Å². The molecule has 1 saturated heterocycles. The minimum atomic E-state index is -0.835.